The predicted molar refractivity (Wildman–Crippen MR) is 83.2 cm³/mol. The number of aliphatic hydroxyl groups excluding tert-OH is 1. The summed E-state index contributed by atoms with van der Waals surface area (Å²) in [4.78, 5) is 2.28. The molecular weight excluding hydrogens is 252 g/mol. The minimum atomic E-state index is -0.232. The van der Waals surface area contributed by atoms with Crippen molar-refractivity contribution in [3.8, 4) is 0 Å². The minimum Gasteiger partial charge on any atom is -0.392 e. The van der Waals surface area contributed by atoms with Gasteiger partial charge in [0, 0.05) is 10.8 Å². The maximum absolute atomic E-state index is 10.5. The Bertz CT molecular complexity index is 395. The van der Waals surface area contributed by atoms with Crippen molar-refractivity contribution in [3.05, 3.63) is 41.8 Å². The van der Waals surface area contributed by atoms with E-state index in [2.05, 4.69) is 25.6 Å². The minimum absolute atomic E-state index is 0.160. The molecule has 1 saturated carbocycles. The van der Waals surface area contributed by atoms with Crippen molar-refractivity contribution >= 4 is 11.8 Å². The van der Waals surface area contributed by atoms with Gasteiger partial charge in [0.25, 0.3) is 0 Å². The van der Waals surface area contributed by atoms with E-state index in [4.69, 9.17) is 0 Å². The third kappa shape index (κ3) is 4.12. The summed E-state index contributed by atoms with van der Waals surface area (Å²) in [5, 5.41) is 10.5. The van der Waals surface area contributed by atoms with Crippen LogP contribution in [0.5, 0.6) is 0 Å². The van der Waals surface area contributed by atoms with Crippen LogP contribution in [0.3, 0.4) is 0 Å². The number of hydrogen-bond donors (Lipinski definition) is 1. The molecule has 0 spiro atoms. The van der Waals surface area contributed by atoms with Gasteiger partial charge in [0.15, 0.2) is 0 Å². The van der Waals surface area contributed by atoms with E-state index in [0.717, 1.165) is 4.91 Å². The first-order valence-electron chi connectivity index (χ1n) is 7.28. The SMILES string of the molecule is C=C(Sc1ccccc1)[C@H](C)[C@@H](O)C1CCCCC1. The van der Waals surface area contributed by atoms with Gasteiger partial charge in [-0.15, -0.1) is 0 Å². The van der Waals surface area contributed by atoms with E-state index < -0.39 is 0 Å². The average molecular weight is 276 g/mol. The smallest absolute Gasteiger partial charge is 0.0639 e. The van der Waals surface area contributed by atoms with Gasteiger partial charge in [-0.05, 0) is 35.8 Å². The standard InChI is InChI=1S/C17H24OS/c1-13(17(18)15-9-5-3-6-10-15)14(2)19-16-11-7-4-8-12-16/h4,7-8,11-13,15,17-18H,2-3,5-6,9-10H2,1H3/t13-,17+/m0/s1. The Balaban J connectivity index is 1.90. The van der Waals surface area contributed by atoms with E-state index in [0.29, 0.717) is 5.92 Å². The van der Waals surface area contributed by atoms with Crippen LogP contribution in [0.4, 0.5) is 0 Å². The average Bonchev–Trinajstić information content (AvgIpc) is 2.47. The van der Waals surface area contributed by atoms with Crippen LogP contribution in [0.1, 0.15) is 39.0 Å². The number of rotatable bonds is 5. The zero-order valence-electron chi connectivity index (χ0n) is 11.7. The monoisotopic (exact) mass is 276 g/mol. The van der Waals surface area contributed by atoms with Crippen LogP contribution in [-0.2, 0) is 0 Å². The molecule has 1 aromatic carbocycles. The summed E-state index contributed by atoms with van der Waals surface area (Å²) in [6, 6.07) is 10.3. The molecule has 2 atom stereocenters. The summed E-state index contributed by atoms with van der Waals surface area (Å²) >= 11 is 1.69. The van der Waals surface area contributed by atoms with E-state index >= 15 is 0 Å². The second-order valence-corrected chi connectivity index (χ2v) is 6.76. The number of aliphatic hydroxyl groups is 1. The van der Waals surface area contributed by atoms with Crippen molar-refractivity contribution in [2.24, 2.45) is 11.8 Å². The third-order valence-electron chi connectivity index (χ3n) is 4.15. The van der Waals surface area contributed by atoms with E-state index in [9.17, 15) is 5.11 Å². The number of hydrogen-bond acceptors (Lipinski definition) is 2. The van der Waals surface area contributed by atoms with Crippen molar-refractivity contribution in [3.63, 3.8) is 0 Å². The molecule has 2 heteroatoms. The van der Waals surface area contributed by atoms with Gasteiger partial charge in [0.05, 0.1) is 6.10 Å². The van der Waals surface area contributed by atoms with Crippen molar-refractivity contribution in [2.45, 2.75) is 50.0 Å². The van der Waals surface area contributed by atoms with Gasteiger partial charge in [-0.3, -0.25) is 0 Å². The molecule has 104 valence electrons. The van der Waals surface area contributed by atoms with Gasteiger partial charge < -0.3 is 5.11 Å². The molecular formula is C17H24OS. The lowest BCUT2D eigenvalue weighted by Gasteiger charge is -2.31. The number of thioether (sulfide) groups is 1. The highest BCUT2D eigenvalue weighted by Gasteiger charge is 2.27. The van der Waals surface area contributed by atoms with Crippen molar-refractivity contribution < 1.29 is 5.11 Å². The van der Waals surface area contributed by atoms with Gasteiger partial charge in [-0.1, -0.05) is 62.7 Å². The topological polar surface area (TPSA) is 20.2 Å². The van der Waals surface area contributed by atoms with Crippen molar-refractivity contribution in [1.82, 2.24) is 0 Å². The molecule has 1 nitrogen and oxygen atoms in total. The van der Waals surface area contributed by atoms with E-state index in [1.54, 1.807) is 11.8 Å². The largest absolute Gasteiger partial charge is 0.392 e. The molecule has 1 fully saturated rings. The Labute approximate surface area is 121 Å². The maximum atomic E-state index is 10.5. The van der Waals surface area contributed by atoms with Crippen LogP contribution in [0.2, 0.25) is 0 Å². The highest BCUT2D eigenvalue weighted by atomic mass is 32.2. The molecule has 0 radical (unpaired) electrons. The van der Waals surface area contributed by atoms with Crippen LogP contribution in [-0.4, -0.2) is 11.2 Å². The van der Waals surface area contributed by atoms with Crippen LogP contribution in [0, 0.1) is 11.8 Å². The first-order valence-corrected chi connectivity index (χ1v) is 8.10. The molecule has 1 aliphatic rings. The third-order valence-corrected chi connectivity index (χ3v) is 5.29. The molecule has 19 heavy (non-hydrogen) atoms. The molecule has 0 amide bonds. The van der Waals surface area contributed by atoms with Gasteiger partial charge in [0.1, 0.15) is 0 Å². The molecule has 0 aromatic heterocycles. The summed E-state index contributed by atoms with van der Waals surface area (Å²) in [5.74, 6) is 0.630. The van der Waals surface area contributed by atoms with Crippen LogP contribution < -0.4 is 0 Å². The second-order valence-electron chi connectivity index (χ2n) is 5.56. The molecule has 0 bridgehead atoms. The van der Waals surface area contributed by atoms with Gasteiger partial charge in [0.2, 0.25) is 0 Å². The zero-order chi connectivity index (χ0) is 13.7. The first kappa shape index (κ1) is 14.7. The Morgan fingerprint density at radius 2 is 1.84 bits per heavy atom. The summed E-state index contributed by atoms with van der Waals surface area (Å²) in [5.41, 5.74) is 0. The van der Waals surface area contributed by atoms with E-state index in [1.807, 2.05) is 18.2 Å². The zero-order valence-corrected chi connectivity index (χ0v) is 12.5. The molecule has 1 aliphatic carbocycles. The van der Waals surface area contributed by atoms with Crippen molar-refractivity contribution in [1.29, 1.82) is 0 Å². The normalized spacial score (nSPS) is 19.9. The highest BCUT2D eigenvalue weighted by molar-refractivity contribution is 8.03. The van der Waals surface area contributed by atoms with E-state index in [1.165, 1.54) is 37.0 Å². The van der Waals surface area contributed by atoms with Crippen molar-refractivity contribution in [2.75, 3.05) is 0 Å². The maximum Gasteiger partial charge on any atom is 0.0639 e. The van der Waals surface area contributed by atoms with Gasteiger partial charge in [-0.2, -0.15) is 0 Å². The summed E-state index contributed by atoms with van der Waals surface area (Å²) in [7, 11) is 0. The molecule has 0 unspecified atom stereocenters. The molecule has 0 saturated heterocycles. The lowest BCUT2D eigenvalue weighted by Crippen LogP contribution is -2.29. The number of benzene rings is 1. The van der Waals surface area contributed by atoms with Gasteiger partial charge >= 0.3 is 0 Å². The lowest BCUT2D eigenvalue weighted by molar-refractivity contribution is 0.0547. The fourth-order valence-electron chi connectivity index (χ4n) is 2.81. The van der Waals surface area contributed by atoms with Gasteiger partial charge in [-0.25, -0.2) is 0 Å². The van der Waals surface area contributed by atoms with Crippen LogP contribution >= 0.6 is 11.8 Å². The fraction of sp³-hybridized carbons (Fsp3) is 0.529. The second kappa shape index (κ2) is 7.16. The van der Waals surface area contributed by atoms with Crippen LogP contribution in [0.25, 0.3) is 0 Å². The Morgan fingerprint density at radius 3 is 2.47 bits per heavy atom. The Kier molecular flexibility index (Phi) is 5.53. The molecule has 1 aromatic rings. The molecule has 1 N–H and O–H groups in total. The lowest BCUT2D eigenvalue weighted by atomic mass is 9.81. The summed E-state index contributed by atoms with van der Waals surface area (Å²) in [6.07, 6.45) is 5.99. The summed E-state index contributed by atoms with van der Waals surface area (Å²) < 4.78 is 0. The fourth-order valence-corrected chi connectivity index (χ4v) is 3.73. The molecule has 2 rings (SSSR count). The Hall–Kier alpha value is -0.730. The molecule has 0 heterocycles. The first-order chi connectivity index (χ1) is 9.18. The summed E-state index contributed by atoms with van der Waals surface area (Å²) in [6.45, 7) is 6.28. The highest BCUT2D eigenvalue weighted by Crippen LogP contribution is 2.37. The van der Waals surface area contributed by atoms with E-state index in [-0.39, 0.29) is 12.0 Å². The van der Waals surface area contributed by atoms with Crippen LogP contribution in [0.15, 0.2) is 46.7 Å². The quantitative estimate of drug-likeness (QED) is 0.774. The predicted octanol–water partition coefficient (Wildman–Crippen LogP) is 4.87. The Morgan fingerprint density at radius 1 is 1.21 bits per heavy atom. The molecule has 0 aliphatic heterocycles.